The zero-order valence-electron chi connectivity index (χ0n) is 11.1. The maximum absolute atomic E-state index is 5.73. The number of hydrogen-bond donors (Lipinski definition) is 1. The molecule has 1 aromatic rings. The molecule has 0 aromatic carbocycles. The maximum atomic E-state index is 5.73. The van der Waals surface area contributed by atoms with Crippen LogP contribution in [0.3, 0.4) is 0 Å². The number of nitrogens with zero attached hydrogens (tertiary/aromatic N) is 1. The first-order valence-electron chi connectivity index (χ1n) is 7.39. The highest BCUT2D eigenvalue weighted by atomic mass is 32.1. The lowest BCUT2D eigenvalue weighted by atomic mass is 9.88. The molecule has 3 rings (SSSR count). The molecule has 0 saturated carbocycles. The zero-order valence-corrected chi connectivity index (χ0v) is 11.9. The molecule has 0 spiro atoms. The molecule has 100 valence electrons. The van der Waals surface area contributed by atoms with Gasteiger partial charge in [0.25, 0.3) is 0 Å². The van der Waals surface area contributed by atoms with E-state index in [1.165, 1.54) is 51.6 Å². The van der Waals surface area contributed by atoms with Gasteiger partial charge in [0.15, 0.2) is 0 Å². The van der Waals surface area contributed by atoms with Gasteiger partial charge in [0.2, 0.25) is 0 Å². The van der Waals surface area contributed by atoms with Crippen LogP contribution in [0.2, 0.25) is 0 Å². The van der Waals surface area contributed by atoms with Crippen LogP contribution in [-0.2, 0) is 6.42 Å². The van der Waals surface area contributed by atoms with E-state index in [1.807, 2.05) is 11.3 Å². The van der Waals surface area contributed by atoms with E-state index in [0.29, 0.717) is 6.04 Å². The molecule has 1 saturated heterocycles. The van der Waals surface area contributed by atoms with Gasteiger partial charge in [-0.25, -0.2) is 0 Å². The quantitative estimate of drug-likeness (QED) is 0.908. The molecule has 1 aromatic heterocycles. The van der Waals surface area contributed by atoms with Crippen LogP contribution < -0.4 is 5.73 Å². The van der Waals surface area contributed by atoms with E-state index in [-0.39, 0.29) is 0 Å². The average molecular weight is 264 g/mol. The minimum absolute atomic E-state index is 0.709. The molecule has 18 heavy (non-hydrogen) atoms. The third kappa shape index (κ3) is 2.49. The van der Waals surface area contributed by atoms with E-state index in [4.69, 9.17) is 5.73 Å². The molecule has 1 fully saturated rings. The lowest BCUT2D eigenvalue weighted by molar-refractivity contribution is 0.109. The molecule has 1 aliphatic heterocycles. The Morgan fingerprint density at radius 3 is 3.17 bits per heavy atom. The minimum atomic E-state index is 0.709. The van der Waals surface area contributed by atoms with Crippen molar-refractivity contribution in [1.29, 1.82) is 0 Å². The predicted molar refractivity (Wildman–Crippen MR) is 78.0 cm³/mol. The molecule has 2 aliphatic rings. The summed E-state index contributed by atoms with van der Waals surface area (Å²) < 4.78 is 0. The van der Waals surface area contributed by atoms with Crippen molar-refractivity contribution in [2.75, 3.05) is 19.6 Å². The third-order valence-corrected chi connectivity index (χ3v) is 5.58. The number of nitrogens with two attached hydrogens (primary N) is 1. The molecular weight excluding hydrogens is 240 g/mol. The van der Waals surface area contributed by atoms with Crippen LogP contribution in [-0.4, -0.2) is 24.5 Å². The lowest BCUT2D eigenvalue weighted by Gasteiger charge is -2.40. The number of likely N-dealkylation sites (tertiary alicyclic amines) is 1. The molecule has 2 nitrogen and oxygen atoms in total. The molecule has 2 atom stereocenters. The number of piperidine rings is 1. The van der Waals surface area contributed by atoms with Crippen LogP contribution in [0.15, 0.2) is 11.4 Å². The van der Waals surface area contributed by atoms with Gasteiger partial charge in [-0.05, 0) is 74.5 Å². The van der Waals surface area contributed by atoms with Crippen molar-refractivity contribution < 1.29 is 0 Å². The third-order valence-electron chi connectivity index (χ3n) is 4.59. The van der Waals surface area contributed by atoms with Crippen LogP contribution in [0, 0.1) is 5.92 Å². The molecule has 2 unspecified atom stereocenters. The fourth-order valence-corrected chi connectivity index (χ4v) is 4.67. The maximum Gasteiger partial charge on any atom is 0.0359 e. The number of hydrogen-bond acceptors (Lipinski definition) is 3. The predicted octanol–water partition coefficient (Wildman–Crippen LogP) is 3.19. The van der Waals surface area contributed by atoms with E-state index in [0.717, 1.165) is 12.5 Å². The van der Waals surface area contributed by atoms with Gasteiger partial charge in [0.1, 0.15) is 0 Å². The van der Waals surface area contributed by atoms with E-state index in [2.05, 4.69) is 16.3 Å². The van der Waals surface area contributed by atoms with Crippen molar-refractivity contribution >= 4 is 11.3 Å². The van der Waals surface area contributed by atoms with Crippen molar-refractivity contribution in [3.8, 4) is 0 Å². The number of thiophene rings is 1. The van der Waals surface area contributed by atoms with Gasteiger partial charge in [-0.1, -0.05) is 0 Å². The average Bonchev–Trinajstić information content (AvgIpc) is 2.87. The molecule has 3 heteroatoms. The summed E-state index contributed by atoms with van der Waals surface area (Å²) in [6.45, 7) is 3.42. The fourth-order valence-electron chi connectivity index (χ4n) is 3.69. The summed E-state index contributed by atoms with van der Waals surface area (Å²) in [5.41, 5.74) is 7.36. The van der Waals surface area contributed by atoms with Gasteiger partial charge in [0, 0.05) is 17.5 Å². The largest absolute Gasteiger partial charge is 0.330 e. The summed E-state index contributed by atoms with van der Waals surface area (Å²) in [5, 5.41) is 2.28. The van der Waals surface area contributed by atoms with Crippen molar-refractivity contribution in [2.24, 2.45) is 11.7 Å². The summed E-state index contributed by atoms with van der Waals surface area (Å²) >= 11 is 1.96. The van der Waals surface area contributed by atoms with Crippen molar-refractivity contribution in [3.63, 3.8) is 0 Å². The Balaban J connectivity index is 1.72. The molecule has 2 N–H and O–H groups in total. The van der Waals surface area contributed by atoms with Crippen LogP contribution in [0.5, 0.6) is 0 Å². The Bertz CT molecular complexity index is 386. The van der Waals surface area contributed by atoms with Gasteiger partial charge in [-0.2, -0.15) is 0 Å². The Labute approximate surface area is 114 Å². The highest BCUT2D eigenvalue weighted by molar-refractivity contribution is 7.10. The Morgan fingerprint density at radius 2 is 2.28 bits per heavy atom. The first-order chi connectivity index (χ1) is 8.88. The van der Waals surface area contributed by atoms with Crippen molar-refractivity contribution in [3.05, 3.63) is 21.9 Å². The summed E-state index contributed by atoms with van der Waals surface area (Å²) in [6.07, 6.45) is 8.00. The van der Waals surface area contributed by atoms with Gasteiger partial charge < -0.3 is 5.73 Å². The second kappa shape index (κ2) is 5.72. The second-order valence-corrected chi connectivity index (χ2v) is 6.79. The molecule has 1 aliphatic carbocycles. The first-order valence-corrected chi connectivity index (χ1v) is 8.27. The SMILES string of the molecule is NCCC1CCCN(C2CCCc3sccc32)C1. The standard InChI is InChI=1S/C15H24N2S/c16-8-6-12-3-2-9-17(11-12)14-4-1-5-15-13(14)7-10-18-15/h7,10,12,14H,1-6,8-9,11,16H2. The number of rotatable bonds is 3. The van der Waals surface area contributed by atoms with Gasteiger partial charge in [-0.3, -0.25) is 4.90 Å². The summed E-state index contributed by atoms with van der Waals surface area (Å²) in [7, 11) is 0. The van der Waals surface area contributed by atoms with Gasteiger partial charge >= 0.3 is 0 Å². The first kappa shape index (κ1) is 12.6. The molecule has 0 bridgehead atoms. The number of fused-ring (bicyclic) bond motifs is 1. The Kier molecular flexibility index (Phi) is 4.02. The van der Waals surface area contributed by atoms with Crippen molar-refractivity contribution in [1.82, 2.24) is 4.90 Å². The Morgan fingerprint density at radius 1 is 1.33 bits per heavy atom. The highest BCUT2D eigenvalue weighted by Crippen LogP contribution is 2.39. The van der Waals surface area contributed by atoms with Gasteiger partial charge in [-0.15, -0.1) is 11.3 Å². The van der Waals surface area contributed by atoms with Crippen molar-refractivity contribution in [2.45, 2.75) is 44.6 Å². The summed E-state index contributed by atoms with van der Waals surface area (Å²) in [5.74, 6) is 0.841. The van der Waals surface area contributed by atoms with Gasteiger partial charge in [0.05, 0.1) is 0 Å². The summed E-state index contributed by atoms with van der Waals surface area (Å²) in [4.78, 5) is 4.39. The highest BCUT2D eigenvalue weighted by Gasteiger charge is 2.30. The summed E-state index contributed by atoms with van der Waals surface area (Å²) in [6, 6.07) is 3.08. The normalized spacial score (nSPS) is 29.2. The topological polar surface area (TPSA) is 29.3 Å². The zero-order chi connectivity index (χ0) is 12.4. The number of aryl methyl sites for hydroxylation is 1. The molecular formula is C15H24N2S. The van der Waals surface area contributed by atoms with E-state index in [1.54, 1.807) is 10.4 Å². The van der Waals surface area contributed by atoms with E-state index >= 15 is 0 Å². The monoisotopic (exact) mass is 264 g/mol. The van der Waals surface area contributed by atoms with Crippen LogP contribution in [0.4, 0.5) is 0 Å². The molecule has 0 amide bonds. The van der Waals surface area contributed by atoms with E-state index < -0.39 is 0 Å². The fraction of sp³-hybridized carbons (Fsp3) is 0.733. The van der Waals surface area contributed by atoms with Crippen LogP contribution >= 0.6 is 11.3 Å². The second-order valence-electron chi connectivity index (χ2n) is 5.79. The molecule has 2 heterocycles. The van der Waals surface area contributed by atoms with Crippen LogP contribution in [0.25, 0.3) is 0 Å². The molecule has 0 radical (unpaired) electrons. The Hall–Kier alpha value is -0.380. The van der Waals surface area contributed by atoms with Crippen LogP contribution in [0.1, 0.15) is 48.6 Å². The minimum Gasteiger partial charge on any atom is -0.330 e. The smallest absolute Gasteiger partial charge is 0.0359 e. The lowest BCUT2D eigenvalue weighted by Crippen LogP contribution is -2.39. The van der Waals surface area contributed by atoms with E-state index in [9.17, 15) is 0 Å².